The second-order valence-electron chi connectivity index (χ2n) is 4.15. The van der Waals surface area contributed by atoms with Gasteiger partial charge in [0.05, 0.1) is 5.25 Å². The summed E-state index contributed by atoms with van der Waals surface area (Å²) < 4.78 is 0. The molecule has 0 radical (unpaired) electrons. The lowest BCUT2D eigenvalue weighted by Crippen LogP contribution is -2.28. The Bertz CT molecular complexity index is 334. The van der Waals surface area contributed by atoms with Crippen LogP contribution in [0.5, 0.6) is 0 Å². The quantitative estimate of drug-likeness (QED) is 0.758. The molecule has 0 spiro atoms. The van der Waals surface area contributed by atoms with Crippen LogP contribution in [0.3, 0.4) is 0 Å². The van der Waals surface area contributed by atoms with Gasteiger partial charge in [-0.2, -0.15) is 0 Å². The molecule has 0 saturated heterocycles. The molecule has 2 atom stereocenters. The van der Waals surface area contributed by atoms with Crippen molar-refractivity contribution in [2.75, 3.05) is 0 Å². The molecule has 2 heteroatoms. The van der Waals surface area contributed by atoms with E-state index in [0.717, 1.165) is 12.8 Å². The van der Waals surface area contributed by atoms with Gasteiger partial charge in [0.25, 0.3) is 0 Å². The topological polar surface area (TPSA) is 17.1 Å². The van der Waals surface area contributed by atoms with Crippen molar-refractivity contribution in [2.45, 2.75) is 36.3 Å². The highest BCUT2D eigenvalue weighted by Crippen LogP contribution is 2.33. The molecule has 15 heavy (non-hydrogen) atoms. The van der Waals surface area contributed by atoms with E-state index in [-0.39, 0.29) is 11.2 Å². The molecule has 0 unspecified atom stereocenters. The Morgan fingerprint density at radius 3 is 2.67 bits per heavy atom. The van der Waals surface area contributed by atoms with Gasteiger partial charge in [-0.3, -0.25) is 4.79 Å². The van der Waals surface area contributed by atoms with Crippen LogP contribution in [0.2, 0.25) is 0 Å². The van der Waals surface area contributed by atoms with E-state index in [1.807, 2.05) is 18.2 Å². The maximum Gasteiger partial charge on any atom is 0.148 e. The van der Waals surface area contributed by atoms with Gasteiger partial charge in [-0.15, -0.1) is 11.8 Å². The first kappa shape index (κ1) is 10.7. The third-order valence-electron chi connectivity index (χ3n) is 2.93. The highest BCUT2D eigenvalue weighted by Gasteiger charge is 2.28. The molecular formula is C13H16OS. The lowest BCUT2D eigenvalue weighted by atomic mass is 9.89. The Morgan fingerprint density at radius 1 is 1.20 bits per heavy atom. The van der Waals surface area contributed by atoms with Crippen molar-refractivity contribution in [3.8, 4) is 0 Å². The highest BCUT2D eigenvalue weighted by atomic mass is 32.2. The van der Waals surface area contributed by atoms with Crippen molar-refractivity contribution >= 4 is 17.5 Å². The number of hydrogen-bond acceptors (Lipinski definition) is 2. The van der Waals surface area contributed by atoms with Crippen LogP contribution in [-0.2, 0) is 4.79 Å². The summed E-state index contributed by atoms with van der Waals surface area (Å²) in [6.07, 6.45) is 3.31. The Balaban J connectivity index is 2.03. The van der Waals surface area contributed by atoms with Crippen LogP contribution in [0.4, 0.5) is 0 Å². The highest BCUT2D eigenvalue weighted by molar-refractivity contribution is 8.00. The molecule has 1 aliphatic rings. The van der Waals surface area contributed by atoms with Crippen molar-refractivity contribution in [3.05, 3.63) is 30.3 Å². The number of benzene rings is 1. The van der Waals surface area contributed by atoms with E-state index in [1.54, 1.807) is 11.8 Å². The Labute approximate surface area is 95.3 Å². The molecule has 0 aromatic heterocycles. The molecule has 0 amide bonds. The zero-order chi connectivity index (χ0) is 10.7. The summed E-state index contributed by atoms with van der Waals surface area (Å²) in [6.45, 7) is 2.06. The second kappa shape index (κ2) is 4.84. The summed E-state index contributed by atoms with van der Waals surface area (Å²) in [5, 5.41) is 0.191. The third kappa shape index (κ3) is 2.63. The molecule has 0 N–H and O–H groups in total. The monoisotopic (exact) mass is 220 g/mol. The Morgan fingerprint density at radius 2 is 1.93 bits per heavy atom. The summed E-state index contributed by atoms with van der Waals surface area (Å²) >= 11 is 1.73. The lowest BCUT2D eigenvalue weighted by molar-refractivity contribution is -0.123. The maximum atomic E-state index is 11.9. The summed E-state index contributed by atoms with van der Waals surface area (Å²) in [6, 6.07) is 10.2. The van der Waals surface area contributed by atoms with E-state index in [0.29, 0.717) is 5.78 Å². The van der Waals surface area contributed by atoms with Crippen LogP contribution in [0, 0.1) is 5.92 Å². The fraction of sp³-hybridized carbons (Fsp3) is 0.462. The van der Waals surface area contributed by atoms with Crippen molar-refractivity contribution in [2.24, 2.45) is 5.92 Å². The van der Waals surface area contributed by atoms with Gasteiger partial charge in [0.1, 0.15) is 5.78 Å². The zero-order valence-electron chi connectivity index (χ0n) is 8.98. The minimum absolute atomic E-state index is 0.191. The molecule has 1 aromatic rings. The maximum absolute atomic E-state index is 11.9. The summed E-state index contributed by atoms with van der Waals surface area (Å²) in [5.41, 5.74) is 0. The second-order valence-corrected chi connectivity index (χ2v) is 5.43. The van der Waals surface area contributed by atoms with Gasteiger partial charge in [-0.05, 0) is 25.0 Å². The molecule has 0 aliphatic heterocycles. The number of carbonyl (C=O) groups is 1. The average molecular weight is 220 g/mol. The van der Waals surface area contributed by atoms with Gasteiger partial charge < -0.3 is 0 Å². The van der Waals surface area contributed by atoms with Crippen LogP contribution < -0.4 is 0 Å². The first-order chi connectivity index (χ1) is 7.27. The smallest absolute Gasteiger partial charge is 0.148 e. The predicted octanol–water partition coefficient (Wildman–Crippen LogP) is 3.54. The van der Waals surface area contributed by atoms with Crippen LogP contribution >= 0.6 is 11.8 Å². The van der Waals surface area contributed by atoms with Crippen LogP contribution in [0.1, 0.15) is 26.2 Å². The Hall–Kier alpha value is -0.760. The average Bonchev–Trinajstić information content (AvgIpc) is 2.26. The van der Waals surface area contributed by atoms with Gasteiger partial charge >= 0.3 is 0 Å². The SMILES string of the molecule is C[C@H]1CCC[C@H](Sc2ccccc2)C1=O. The lowest BCUT2D eigenvalue weighted by Gasteiger charge is -2.24. The van der Waals surface area contributed by atoms with Crippen LogP contribution in [-0.4, -0.2) is 11.0 Å². The fourth-order valence-corrected chi connectivity index (χ4v) is 3.27. The van der Waals surface area contributed by atoms with Gasteiger partial charge in [0.2, 0.25) is 0 Å². The van der Waals surface area contributed by atoms with Crippen molar-refractivity contribution < 1.29 is 4.79 Å². The minimum atomic E-state index is 0.191. The van der Waals surface area contributed by atoms with Crippen LogP contribution in [0.15, 0.2) is 35.2 Å². The fourth-order valence-electron chi connectivity index (χ4n) is 1.99. The molecule has 1 aromatic carbocycles. The molecule has 2 rings (SSSR count). The number of thioether (sulfide) groups is 1. The third-order valence-corrected chi connectivity index (χ3v) is 4.22. The van der Waals surface area contributed by atoms with E-state index < -0.39 is 0 Å². The van der Waals surface area contributed by atoms with E-state index in [2.05, 4.69) is 19.1 Å². The standard InChI is InChI=1S/C13H16OS/c1-10-6-5-9-12(13(10)14)15-11-7-3-2-4-8-11/h2-4,7-8,10,12H,5-6,9H2,1H3/t10-,12-/m0/s1. The first-order valence-corrected chi connectivity index (χ1v) is 6.41. The van der Waals surface area contributed by atoms with E-state index in [9.17, 15) is 4.79 Å². The molecule has 1 nitrogen and oxygen atoms in total. The normalized spacial score (nSPS) is 26.6. The summed E-state index contributed by atoms with van der Waals surface area (Å²) in [5.74, 6) is 0.704. The molecule has 0 heterocycles. The number of ketones is 1. The zero-order valence-corrected chi connectivity index (χ0v) is 9.80. The first-order valence-electron chi connectivity index (χ1n) is 5.53. The molecular weight excluding hydrogens is 204 g/mol. The van der Waals surface area contributed by atoms with Crippen LogP contribution in [0.25, 0.3) is 0 Å². The number of hydrogen-bond donors (Lipinski definition) is 0. The predicted molar refractivity (Wildman–Crippen MR) is 64.1 cm³/mol. The molecule has 1 aliphatic carbocycles. The molecule has 1 saturated carbocycles. The number of Topliss-reactive ketones (excluding diaryl/α,β-unsaturated/α-hetero) is 1. The van der Waals surface area contributed by atoms with Gasteiger partial charge in [0, 0.05) is 10.8 Å². The summed E-state index contributed by atoms with van der Waals surface area (Å²) in [4.78, 5) is 13.1. The van der Waals surface area contributed by atoms with Crippen molar-refractivity contribution in [1.82, 2.24) is 0 Å². The largest absolute Gasteiger partial charge is 0.298 e. The van der Waals surface area contributed by atoms with Gasteiger partial charge in [-0.1, -0.05) is 31.5 Å². The van der Waals surface area contributed by atoms with Crippen molar-refractivity contribution in [3.63, 3.8) is 0 Å². The van der Waals surface area contributed by atoms with E-state index >= 15 is 0 Å². The Kier molecular flexibility index (Phi) is 3.47. The van der Waals surface area contributed by atoms with Gasteiger partial charge in [0.15, 0.2) is 0 Å². The van der Waals surface area contributed by atoms with E-state index in [1.165, 1.54) is 11.3 Å². The van der Waals surface area contributed by atoms with Crippen molar-refractivity contribution in [1.29, 1.82) is 0 Å². The molecule has 80 valence electrons. The summed E-state index contributed by atoms with van der Waals surface area (Å²) in [7, 11) is 0. The number of carbonyl (C=O) groups excluding carboxylic acids is 1. The number of rotatable bonds is 2. The molecule has 1 fully saturated rings. The van der Waals surface area contributed by atoms with E-state index in [4.69, 9.17) is 0 Å². The minimum Gasteiger partial charge on any atom is -0.298 e. The van der Waals surface area contributed by atoms with Gasteiger partial charge in [-0.25, -0.2) is 0 Å². The molecule has 0 bridgehead atoms.